The predicted molar refractivity (Wildman–Crippen MR) is 72.0 cm³/mol. The maximum atomic E-state index is 12.5. The fourth-order valence-electron chi connectivity index (χ4n) is 1.89. The Morgan fingerprint density at radius 3 is 1.95 bits per heavy atom. The number of alkyl halides is 3. The van der Waals surface area contributed by atoms with Crippen molar-refractivity contribution in [2.45, 2.75) is 39.3 Å². The van der Waals surface area contributed by atoms with Crippen LogP contribution in [-0.4, -0.2) is 9.78 Å². The summed E-state index contributed by atoms with van der Waals surface area (Å²) in [6.07, 6.45) is -4.31. The van der Waals surface area contributed by atoms with Gasteiger partial charge in [-0.25, -0.2) is 4.68 Å². The lowest BCUT2D eigenvalue weighted by Crippen LogP contribution is -2.12. The van der Waals surface area contributed by atoms with E-state index in [0.717, 1.165) is 23.5 Å². The molecule has 1 aromatic carbocycles. The van der Waals surface area contributed by atoms with Crippen molar-refractivity contribution in [3.63, 3.8) is 0 Å². The van der Waals surface area contributed by atoms with Crippen molar-refractivity contribution in [2.24, 2.45) is 0 Å². The molecular weight excluding hydrogens is 265 g/mol. The summed E-state index contributed by atoms with van der Waals surface area (Å²) in [6, 6.07) is 6.99. The Hall–Kier alpha value is -1.78. The lowest BCUT2D eigenvalue weighted by molar-refractivity contribution is -0.137. The molecule has 0 aliphatic heterocycles. The highest BCUT2D eigenvalue weighted by atomic mass is 19.4. The molecule has 2 nitrogen and oxygen atoms in total. The van der Waals surface area contributed by atoms with Gasteiger partial charge in [-0.3, -0.25) is 0 Å². The van der Waals surface area contributed by atoms with E-state index in [9.17, 15) is 13.2 Å². The Labute approximate surface area is 116 Å². The monoisotopic (exact) mass is 282 g/mol. The van der Waals surface area contributed by atoms with E-state index < -0.39 is 11.7 Å². The molecule has 0 radical (unpaired) electrons. The number of hydrogen-bond donors (Lipinski definition) is 0. The van der Waals surface area contributed by atoms with E-state index >= 15 is 0 Å². The minimum Gasteiger partial charge on any atom is -0.238 e. The lowest BCUT2D eigenvalue weighted by Gasteiger charge is -2.14. The topological polar surface area (TPSA) is 17.8 Å². The third-order valence-corrected chi connectivity index (χ3v) is 3.10. The van der Waals surface area contributed by atoms with Crippen LogP contribution in [0, 0.1) is 6.92 Å². The van der Waals surface area contributed by atoms with Crippen LogP contribution in [0.2, 0.25) is 0 Å². The third-order valence-electron chi connectivity index (χ3n) is 3.10. The predicted octanol–water partition coefficient (Wildman–Crippen LogP) is 4.50. The van der Waals surface area contributed by atoms with Gasteiger partial charge in [0.1, 0.15) is 0 Å². The summed E-state index contributed by atoms with van der Waals surface area (Å²) in [6.45, 7) is 8.03. The van der Waals surface area contributed by atoms with Gasteiger partial charge in [0.05, 0.1) is 16.9 Å². The summed E-state index contributed by atoms with van der Waals surface area (Å²) in [4.78, 5) is 0. The van der Waals surface area contributed by atoms with Gasteiger partial charge < -0.3 is 0 Å². The Balaban J connectivity index is 2.40. The molecule has 0 atom stereocenters. The number of aryl methyl sites for hydroxylation is 1. The van der Waals surface area contributed by atoms with E-state index in [-0.39, 0.29) is 5.41 Å². The third kappa shape index (κ3) is 2.86. The van der Waals surface area contributed by atoms with E-state index in [1.165, 1.54) is 12.1 Å². The van der Waals surface area contributed by atoms with Crippen molar-refractivity contribution < 1.29 is 13.2 Å². The average molecular weight is 282 g/mol. The summed E-state index contributed by atoms with van der Waals surface area (Å²) in [5.74, 6) is 0. The fourth-order valence-corrected chi connectivity index (χ4v) is 1.89. The highest BCUT2D eigenvalue weighted by Gasteiger charge is 2.30. The Morgan fingerprint density at radius 2 is 1.55 bits per heavy atom. The molecule has 0 bridgehead atoms. The van der Waals surface area contributed by atoms with Crippen molar-refractivity contribution in [1.82, 2.24) is 9.78 Å². The zero-order chi connectivity index (χ0) is 15.1. The van der Waals surface area contributed by atoms with Crippen molar-refractivity contribution >= 4 is 0 Å². The van der Waals surface area contributed by atoms with Gasteiger partial charge in [0.2, 0.25) is 0 Å². The SMILES string of the molecule is Cc1cc(C(C)(C)C)nn1-c1ccc(C(F)(F)F)cc1. The van der Waals surface area contributed by atoms with E-state index in [1.54, 1.807) is 4.68 Å². The van der Waals surface area contributed by atoms with Gasteiger partial charge in [0, 0.05) is 11.1 Å². The highest BCUT2D eigenvalue weighted by Crippen LogP contribution is 2.30. The number of aromatic nitrogens is 2. The van der Waals surface area contributed by atoms with Crippen molar-refractivity contribution in [3.8, 4) is 5.69 Å². The van der Waals surface area contributed by atoms with Crippen molar-refractivity contribution in [1.29, 1.82) is 0 Å². The number of halogens is 3. The van der Waals surface area contributed by atoms with Gasteiger partial charge in [-0.2, -0.15) is 18.3 Å². The Kier molecular flexibility index (Phi) is 3.40. The van der Waals surface area contributed by atoms with E-state index in [2.05, 4.69) is 5.10 Å². The first-order valence-electron chi connectivity index (χ1n) is 6.34. The molecule has 5 heteroatoms. The largest absolute Gasteiger partial charge is 0.416 e. The maximum absolute atomic E-state index is 12.5. The van der Waals surface area contributed by atoms with Crippen LogP contribution in [-0.2, 0) is 11.6 Å². The summed E-state index contributed by atoms with van der Waals surface area (Å²) in [5.41, 5.74) is 1.69. The van der Waals surface area contributed by atoms with E-state index in [4.69, 9.17) is 0 Å². The molecular formula is C15H17F3N2. The van der Waals surface area contributed by atoms with Crippen LogP contribution in [0.4, 0.5) is 13.2 Å². The smallest absolute Gasteiger partial charge is 0.238 e. The number of hydrogen-bond acceptors (Lipinski definition) is 1. The Bertz CT molecular complexity index is 602. The van der Waals surface area contributed by atoms with Crippen LogP contribution >= 0.6 is 0 Å². The highest BCUT2D eigenvalue weighted by molar-refractivity contribution is 5.37. The van der Waals surface area contributed by atoms with Crippen LogP contribution in [0.5, 0.6) is 0 Å². The van der Waals surface area contributed by atoms with Crippen LogP contribution in [0.1, 0.15) is 37.7 Å². The summed E-state index contributed by atoms with van der Waals surface area (Å²) < 4.78 is 39.3. The molecule has 0 spiro atoms. The maximum Gasteiger partial charge on any atom is 0.416 e. The van der Waals surface area contributed by atoms with Gasteiger partial charge >= 0.3 is 6.18 Å². The van der Waals surface area contributed by atoms with Crippen molar-refractivity contribution in [3.05, 3.63) is 47.3 Å². The quantitative estimate of drug-likeness (QED) is 0.753. The van der Waals surface area contributed by atoms with Gasteiger partial charge in [-0.1, -0.05) is 20.8 Å². The molecule has 1 heterocycles. The minimum absolute atomic E-state index is 0.0953. The van der Waals surface area contributed by atoms with Crippen LogP contribution in [0.25, 0.3) is 5.69 Å². The molecule has 108 valence electrons. The standard InChI is InChI=1S/C15H17F3N2/c1-10-9-13(14(2,3)4)19-20(10)12-7-5-11(6-8-12)15(16,17)18/h5-9H,1-4H3. The molecule has 0 fully saturated rings. The molecule has 2 aromatic rings. The Morgan fingerprint density at radius 1 is 1.00 bits per heavy atom. The average Bonchev–Trinajstić information content (AvgIpc) is 2.70. The molecule has 20 heavy (non-hydrogen) atoms. The summed E-state index contributed by atoms with van der Waals surface area (Å²) in [5, 5.41) is 4.48. The number of nitrogens with zero attached hydrogens (tertiary/aromatic N) is 2. The second-order valence-corrected chi connectivity index (χ2v) is 5.88. The number of rotatable bonds is 1. The molecule has 2 rings (SSSR count). The number of benzene rings is 1. The van der Waals surface area contributed by atoms with Gasteiger partial charge in [-0.05, 0) is 37.3 Å². The lowest BCUT2D eigenvalue weighted by atomic mass is 9.92. The molecule has 0 N–H and O–H groups in total. The normalized spacial score (nSPS) is 12.8. The molecule has 0 saturated heterocycles. The minimum atomic E-state index is -4.31. The molecule has 0 aliphatic rings. The first-order valence-corrected chi connectivity index (χ1v) is 6.34. The van der Waals surface area contributed by atoms with Crippen LogP contribution in [0.15, 0.2) is 30.3 Å². The molecule has 0 aliphatic carbocycles. The summed E-state index contributed by atoms with van der Waals surface area (Å²) in [7, 11) is 0. The first kappa shape index (κ1) is 14.6. The zero-order valence-electron chi connectivity index (χ0n) is 11.9. The molecule has 1 aromatic heterocycles. The van der Waals surface area contributed by atoms with Crippen LogP contribution in [0.3, 0.4) is 0 Å². The van der Waals surface area contributed by atoms with Gasteiger partial charge in [0.25, 0.3) is 0 Å². The summed E-state index contributed by atoms with van der Waals surface area (Å²) >= 11 is 0. The fraction of sp³-hybridized carbons (Fsp3) is 0.400. The van der Waals surface area contributed by atoms with Crippen LogP contribution < -0.4 is 0 Å². The molecule has 0 amide bonds. The zero-order valence-corrected chi connectivity index (χ0v) is 11.9. The van der Waals surface area contributed by atoms with Crippen molar-refractivity contribution in [2.75, 3.05) is 0 Å². The van der Waals surface area contributed by atoms with Gasteiger partial charge in [-0.15, -0.1) is 0 Å². The van der Waals surface area contributed by atoms with Gasteiger partial charge in [0.15, 0.2) is 0 Å². The first-order chi connectivity index (χ1) is 9.09. The second-order valence-electron chi connectivity index (χ2n) is 5.88. The molecule has 0 saturated carbocycles. The van der Waals surface area contributed by atoms with E-state index in [0.29, 0.717) is 5.69 Å². The van der Waals surface area contributed by atoms with E-state index in [1.807, 2.05) is 33.8 Å². The molecule has 0 unspecified atom stereocenters. The second kappa shape index (κ2) is 4.65.